The number of nitrogens with zero attached hydrogens (tertiary/aromatic N) is 1. The molecule has 0 radical (unpaired) electrons. The third-order valence-corrected chi connectivity index (χ3v) is 13.3. The highest BCUT2D eigenvalue weighted by Crippen LogP contribution is 2.46. The Labute approximate surface area is 369 Å². The average Bonchev–Trinajstić information content (AvgIpc) is 3.93. The van der Waals surface area contributed by atoms with Gasteiger partial charge in [-0.25, -0.2) is 0 Å². The number of fused-ring (bicyclic) bond motifs is 6. The van der Waals surface area contributed by atoms with Gasteiger partial charge < -0.3 is 14.1 Å². The summed E-state index contributed by atoms with van der Waals surface area (Å²) in [5.41, 5.74) is 18.9. The van der Waals surface area contributed by atoms with Crippen LogP contribution in [-0.4, -0.2) is 6.10 Å². The zero-order valence-corrected chi connectivity index (χ0v) is 35.1. The van der Waals surface area contributed by atoms with Crippen molar-refractivity contribution in [1.29, 1.82) is 0 Å². The fourth-order valence-electron chi connectivity index (χ4n) is 10.0. The van der Waals surface area contributed by atoms with Crippen LogP contribution in [0.1, 0.15) is 66.7 Å². The molecular formula is C60H45NO2. The molecule has 4 aliphatic rings. The zero-order valence-electron chi connectivity index (χ0n) is 35.1. The molecule has 302 valence electrons. The van der Waals surface area contributed by atoms with Crippen LogP contribution in [0.2, 0.25) is 0 Å². The summed E-state index contributed by atoms with van der Waals surface area (Å²) in [4.78, 5) is 2.38. The summed E-state index contributed by atoms with van der Waals surface area (Å²) in [6.45, 7) is 0. The lowest BCUT2D eigenvalue weighted by Crippen LogP contribution is -2.18. The van der Waals surface area contributed by atoms with Gasteiger partial charge in [-0.3, -0.25) is 0 Å². The maximum Gasteiger partial charge on any atom is 0.185 e. The molecule has 1 aromatic heterocycles. The quantitative estimate of drug-likeness (QED) is 0.153. The summed E-state index contributed by atoms with van der Waals surface area (Å²) in [6.07, 6.45) is 22.8. The Hall–Kier alpha value is -7.54. The molecule has 0 fully saturated rings. The first-order valence-corrected chi connectivity index (χ1v) is 22.4. The molecule has 0 bridgehead atoms. The van der Waals surface area contributed by atoms with Gasteiger partial charge in [-0.1, -0.05) is 109 Å². The van der Waals surface area contributed by atoms with Crippen LogP contribution in [0.15, 0.2) is 193 Å². The van der Waals surface area contributed by atoms with Gasteiger partial charge in [0, 0.05) is 39.3 Å². The van der Waals surface area contributed by atoms with E-state index in [1.54, 1.807) is 0 Å². The highest BCUT2D eigenvalue weighted by atomic mass is 16.5. The standard InChI is InChI=1S/C60H45NO2/c1-3-11-40(12-4-1)47-35-48(41-13-5-2-6-14-41)37-49(36-47)44-23-31-52(32-24-44)61(50-27-19-42(20-28-50)45-25-33-59-55(38-45)53-15-7-9-17-57(53)62-59)51-29-21-43(22-30-51)46-26-34-60-56(39-46)54-16-8-10-18-58(54)63-60/h1,3,5,7-9,11,13-17,19-24,26-32,34-39,45,59H,2,4,6,12,25,33H2. The monoisotopic (exact) mass is 811 g/mol. The molecule has 2 heterocycles. The minimum atomic E-state index is 0.161. The maximum absolute atomic E-state index is 6.32. The van der Waals surface area contributed by atoms with E-state index >= 15 is 0 Å². The molecule has 63 heavy (non-hydrogen) atoms. The number of para-hydroxylation sites is 1. The number of ether oxygens (including phenoxy) is 1. The lowest BCUT2D eigenvalue weighted by Gasteiger charge is -2.27. The van der Waals surface area contributed by atoms with Crippen LogP contribution in [0.25, 0.3) is 60.9 Å². The molecule has 2 unspecified atom stereocenters. The van der Waals surface area contributed by atoms with Gasteiger partial charge in [0.25, 0.3) is 0 Å². The predicted octanol–water partition coefficient (Wildman–Crippen LogP) is 16.2. The largest absolute Gasteiger partial charge is 0.485 e. The van der Waals surface area contributed by atoms with Gasteiger partial charge in [0.2, 0.25) is 0 Å². The summed E-state index contributed by atoms with van der Waals surface area (Å²) < 4.78 is 12.4. The van der Waals surface area contributed by atoms with Gasteiger partial charge in [0.1, 0.15) is 17.4 Å². The molecule has 0 spiro atoms. The number of hydrogen-bond acceptors (Lipinski definition) is 3. The van der Waals surface area contributed by atoms with Crippen molar-refractivity contribution in [1.82, 2.24) is 0 Å². The Bertz CT molecular complexity index is 3190. The zero-order chi connectivity index (χ0) is 41.7. The van der Waals surface area contributed by atoms with Crippen LogP contribution in [0.5, 0.6) is 5.75 Å². The second-order valence-electron chi connectivity index (χ2n) is 17.2. The first kappa shape index (κ1) is 37.2. The van der Waals surface area contributed by atoms with Crippen molar-refractivity contribution in [2.24, 2.45) is 0 Å². The van der Waals surface area contributed by atoms with Crippen LogP contribution in [0, 0.1) is 12.1 Å². The normalized spacial score (nSPS) is 17.6. The molecule has 3 aliphatic carbocycles. The number of hydrogen-bond donors (Lipinski definition) is 0. The Morgan fingerprint density at radius 1 is 0.603 bits per heavy atom. The third kappa shape index (κ3) is 6.99. The minimum absolute atomic E-state index is 0.161. The van der Waals surface area contributed by atoms with Crippen molar-refractivity contribution in [2.75, 3.05) is 4.90 Å². The van der Waals surface area contributed by atoms with Crippen LogP contribution < -0.4 is 9.64 Å². The summed E-state index contributed by atoms with van der Waals surface area (Å²) in [5, 5.41) is 2.14. The molecular weight excluding hydrogens is 767 g/mol. The molecule has 0 saturated carbocycles. The molecule has 1 aliphatic heterocycles. The van der Waals surface area contributed by atoms with E-state index in [9.17, 15) is 0 Å². The van der Waals surface area contributed by atoms with Crippen molar-refractivity contribution in [3.05, 3.63) is 223 Å². The van der Waals surface area contributed by atoms with Gasteiger partial charge in [-0.15, -0.1) is 0 Å². The highest BCUT2D eigenvalue weighted by Gasteiger charge is 2.33. The fraction of sp³-hybridized carbons (Fsp3) is 0.133. The Morgan fingerprint density at radius 3 is 2.13 bits per heavy atom. The Balaban J connectivity index is 0.906. The molecule has 0 N–H and O–H groups in total. The average molecular weight is 812 g/mol. The van der Waals surface area contributed by atoms with E-state index in [-0.39, 0.29) is 6.10 Å². The first-order chi connectivity index (χ1) is 31.2. The molecule has 8 aromatic rings. The Morgan fingerprint density at radius 2 is 1.35 bits per heavy atom. The summed E-state index contributed by atoms with van der Waals surface area (Å²) in [5.74, 6) is 1.35. The van der Waals surface area contributed by atoms with Gasteiger partial charge in [0.05, 0.1) is 0 Å². The van der Waals surface area contributed by atoms with Crippen molar-refractivity contribution in [3.8, 4) is 28.0 Å². The Kier molecular flexibility index (Phi) is 9.30. The molecule has 3 heteroatoms. The molecule has 3 nitrogen and oxygen atoms in total. The van der Waals surface area contributed by atoms with Gasteiger partial charge >= 0.3 is 0 Å². The van der Waals surface area contributed by atoms with Crippen molar-refractivity contribution < 1.29 is 9.15 Å². The van der Waals surface area contributed by atoms with E-state index in [0.717, 1.165) is 94.4 Å². The highest BCUT2D eigenvalue weighted by molar-refractivity contribution is 6.05. The minimum Gasteiger partial charge on any atom is -0.485 e. The number of anilines is 3. The van der Waals surface area contributed by atoms with Crippen molar-refractivity contribution >= 4 is 55.7 Å². The van der Waals surface area contributed by atoms with E-state index < -0.39 is 0 Å². The van der Waals surface area contributed by atoms with E-state index in [0.29, 0.717) is 5.92 Å². The number of allylic oxidation sites excluding steroid dienone is 9. The van der Waals surface area contributed by atoms with E-state index in [1.807, 2.05) is 6.07 Å². The summed E-state index contributed by atoms with van der Waals surface area (Å²) in [6, 6.07) is 59.4. The molecule has 7 aromatic carbocycles. The summed E-state index contributed by atoms with van der Waals surface area (Å²) in [7, 11) is 0. The van der Waals surface area contributed by atoms with Crippen LogP contribution in [-0.2, 0) is 0 Å². The van der Waals surface area contributed by atoms with Gasteiger partial charge in [-0.2, -0.15) is 0 Å². The van der Waals surface area contributed by atoms with E-state index in [1.165, 1.54) is 50.1 Å². The van der Waals surface area contributed by atoms with Crippen molar-refractivity contribution in [3.63, 3.8) is 0 Å². The molecule has 0 saturated heterocycles. The summed E-state index contributed by atoms with van der Waals surface area (Å²) >= 11 is 0. The van der Waals surface area contributed by atoms with Crippen molar-refractivity contribution in [2.45, 2.75) is 50.5 Å². The van der Waals surface area contributed by atoms with Crippen LogP contribution in [0.3, 0.4) is 0 Å². The lowest BCUT2D eigenvalue weighted by atomic mass is 9.82. The maximum atomic E-state index is 6.32. The second kappa shape index (κ2) is 15.7. The van der Waals surface area contributed by atoms with Gasteiger partial charge in [0.15, 0.2) is 5.58 Å². The lowest BCUT2D eigenvalue weighted by molar-refractivity contribution is 0.253. The van der Waals surface area contributed by atoms with E-state index in [2.05, 4.69) is 199 Å². The predicted molar refractivity (Wildman–Crippen MR) is 260 cm³/mol. The molecule has 12 rings (SSSR count). The fourth-order valence-corrected chi connectivity index (χ4v) is 10.0. The first-order valence-electron chi connectivity index (χ1n) is 22.4. The van der Waals surface area contributed by atoms with E-state index in [4.69, 9.17) is 9.15 Å². The second-order valence-corrected chi connectivity index (χ2v) is 17.2. The van der Waals surface area contributed by atoms with Gasteiger partial charge in [-0.05, 0) is 185 Å². The number of furan rings is 1. The van der Waals surface area contributed by atoms with Crippen LogP contribution in [0.4, 0.5) is 17.1 Å². The topological polar surface area (TPSA) is 25.6 Å². The van der Waals surface area contributed by atoms with Crippen LogP contribution >= 0.6 is 0 Å². The number of benzene rings is 6. The smallest absolute Gasteiger partial charge is 0.185 e. The SMILES string of the molecule is c1ccc2c(c#1)oc1ccc(-c3ccc(N(c4ccc(-c5cc(C6=CCCC=C6)cc(C6=CC=CCC6)c5)cc4)c4ccc(C5C=C6c7ccccc7OC6CC5)cc4)cc3)cc12. The third-order valence-electron chi connectivity index (χ3n) is 13.3. The molecule has 0 amide bonds. The molecule has 2 atom stereocenters. The number of rotatable bonds is 8.